The third-order valence-electron chi connectivity index (χ3n) is 6.24. The Morgan fingerprint density at radius 3 is 2.39 bits per heavy atom. The van der Waals surface area contributed by atoms with Crippen LogP contribution in [-0.2, 0) is 14.3 Å². The molecule has 1 aromatic rings. The smallest absolute Gasteiger partial charge is 0.188 e. The van der Waals surface area contributed by atoms with Crippen molar-refractivity contribution in [1.82, 2.24) is 0 Å². The van der Waals surface area contributed by atoms with E-state index in [0.29, 0.717) is 48.2 Å². The Bertz CT molecular complexity index is 864. The quantitative estimate of drug-likeness (QED) is 0.386. The van der Waals surface area contributed by atoms with E-state index in [1.54, 1.807) is 24.3 Å². The van der Waals surface area contributed by atoms with Crippen LogP contribution in [0, 0.1) is 10.8 Å². The van der Waals surface area contributed by atoms with Gasteiger partial charge >= 0.3 is 0 Å². The number of carbonyl (C=O) groups is 3. The topological polar surface area (TPSA) is 60.4 Å². The predicted octanol–water partition coefficient (Wildman–Crippen LogP) is 4.84. The van der Waals surface area contributed by atoms with Gasteiger partial charge in [0.05, 0.1) is 12.5 Å². The van der Waals surface area contributed by atoms with Crippen LogP contribution in [0.3, 0.4) is 0 Å². The maximum Gasteiger partial charge on any atom is 0.188 e. The molecule has 4 nitrogen and oxygen atoms in total. The lowest BCUT2D eigenvalue weighted by Crippen LogP contribution is -2.61. The van der Waals surface area contributed by atoms with E-state index in [-0.39, 0.29) is 5.78 Å². The largest absolute Gasteiger partial charge is 0.500 e. The summed E-state index contributed by atoms with van der Waals surface area (Å²) >= 11 is 0. The number of benzene rings is 1. The minimum absolute atomic E-state index is 0.339. The van der Waals surface area contributed by atoms with E-state index in [0.717, 1.165) is 12.8 Å². The number of carbonyl (C=O) groups excluding carboxylic acids is 3. The van der Waals surface area contributed by atoms with Crippen LogP contribution < -0.4 is 0 Å². The lowest BCUT2D eigenvalue weighted by Gasteiger charge is -2.50. The van der Waals surface area contributed by atoms with Gasteiger partial charge in [0.1, 0.15) is 5.76 Å². The average molecular weight is 380 g/mol. The summed E-state index contributed by atoms with van der Waals surface area (Å²) in [5.41, 5.74) is -1.46. The van der Waals surface area contributed by atoms with Crippen LogP contribution in [0.2, 0.25) is 0 Å². The van der Waals surface area contributed by atoms with Gasteiger partial charge in [-0.3, -0.25) is 14.4 Å². The van der Waals surface area contributed by atoms with Gasteiger partial charge < -0.3 is 4.74 Å². The molecular weight excluding hydrogens is 352 g/mol. The molecule has 28 heavy (non-hydrogen) atoms. The van der Waals surface area contributed by atoms with Crippen molar-refractivity contribution in [2.45, 2.75) is 52.4 Å². The van der Waals surface area contributed by atoms with Crippen LogP contribution >= 0.6 is 0 Å². The Labute approximate surface area is 166 Å². The second kappa shape index (κ2) is 7.50. The Balaban J connectivity index is 2.33. The van der Waals surface area contributed by atoms with Crippen molar-refractivity contribution in [2.75, 3.05) is 7.11 Å². The van der Waals surface area contributed by atoms with Crippen molar-refractivity contribution < 1.29 is 19.1 Å². The third kappa shape index (κ3) is 2.54. The highest BCUT2D eigenvalue weighted by atomic mass is 16.5. The zero-order valence-electron chi connectivity index (χ0n) is 17.0. The minimum Gasteiger partial charge on any atom is -0.500 e. The summed E-state index contributed by atoms with van der Waals surface area (Å²) in [7, 11) is 1.53. The first-order chi connectivity index (χ1) is 13.4. The average Bonchev–Trinajstić information content (AvgIpc) is 2.70. The molecule has 0 N–H and O–H groups in total. The Kier molecular flexibility index (Phi) is 5.42. The Morgan fingerprint density at radius 1 is 1.14 bits per heavy atom. The maximum absolute atomic E-state index is 14.0. The van der Waals surface area contributed by atoms with Gasteiger partial charge in [-0.2, -0.15) is 0 Å². The van der Waals surface area contributed by atoms with Crippen LogP contribution in [-0.4, -0.2) is 24.5 Å². The molecule has 0 radical (unpaired) electrons. The fourth-order valence-corrected chi connectivity index (χ4v) is 5.03. The van der Waals surface area contributed by atoms with Crippen LogP contribution in [0.5, 0.6) is 0 Å². The Morgan fingerprint density at radius 2 is 1.82 bits per heavy atom. The molecule has 0 heterocycles. The van der Waals surface area contributed by atoms with Gasteiger partial charge in [0.2, 0.25) is 0 Å². The molecule has 1 aromatic carbocycles. The normalized spacial score (nSPS) is 27.2. The van der Waals surface area contributed by atoms with E-state index in [1.165, 1.54) is 7.11 Å². The highest BCUT2D eigenvalue weighted by molar-refractivity contribution is 6.37. The maximum atomic E-state index is 14.0. The van der Waals surface area contributed by atoms with Crippen LogP contribution in [0.4, 0.5) is 0 Å². The number of Topliss-reactive ketones (excluding diaryl/α,β-unsaturated/α-hetero) is 3. The van der Waals surface area contributed by atoms with Crippen molar-refractivity contribution in [2.24, 2.45) is 10.8 Å². The van der Waals surface area contributed by atoms with Crippen molar-refractivity contribution in [3.8, 4) is 0 Å². The van der Waals surface area contributed by atoms with Gasteiger partial charge in [-0.15, -0.1) is 0 Å². The summed E-state index contributed by atoms with van der Waals surface area (Å²) in [6.07, 6.45) is 3.53. The molecule has 0 spiro atoms. The monoisotopic (exact) mass is 380 g/mol. The molecule has 3 rings (SSSR count). The SMILES string of the molecule is C=C1CC[C@@]2(CCC)C(=O)C1(C(=O)c1ccccc1)C(=O)C(CCC)=C2OC. The van der Waals surface area contributed by atoms with Crippen molar-refractivity contribution in [1.29, 1.82) is 0 Å². The number of methoxy groups -OCH3 is 1. The fourth-order valence-electron chi connectivity index (χ4n) is 5.03. The molecule has 0 saturated heterocycles. The standard InChI is InChI=1S/C24H28O4/c1-5-10-18-20(26)24(19(25)17-11-8-7-9-12-17)16(3)13-15-23(14-6-2,22(24)27)21(18)28-4/h7-9,11-12H,3,5-6,10,13-15H2,1-2,4H3/t23-,24?/m1/s1. The molecule has 2 aliphatic carbocycles. The molecule has 0 aromatic heterocycles. The summed E-state index contributed by atoms with van der Waals surface area (Å²) in [5, 5.41) is 0. The highest BCUT2D eigenvalue weighted by Gasteiger charge is 2.68. The fraction of sp³-hybridized carbons (Fsp3) is 0.458. The molecule has 1 unspecified atom stereocenters. The van der Waals surface area contributed by atoms with E-state index in [9.17, 15) is 14.4 Å². The zero-order valence-corrected chi connectivity index (χ0v) is 17.0. The number of ketones is 3. The van der Waals surface area contributed by atoms with E-state index in [4.69, 9.17) is 4.74 Å². The zero-order chi connectivity index (χ0) is 20.5. The number of hydrogen-bond acceptors (Lipinski definition) is 4. The molecule has 1 fully saturated rings. The molecule has 2 bridgehead atoms. The molecular formula is C24H28O4. The van der Waals surface area contributed by atoms with Gasteiger partial charge in [-0.25, -0.2) is 0 Å². The number of hydrogen-bond donors (Lipinski definition) is 0. The number of allylic oxidation sites excluding steroid dienone is 3. The lowest BCUT2D eigenvalue weighted by molar-refractivity contribution is -0.146. The molecule has 0 aliphatic heterocycles. The second-order valence-corrected chi connectivity index (χ2v) is 7.80. The third-order valence-corrected chi connectivity index (χ3v) is 6.24. The van der Waals surface area contributed by atoms with Gasteiger partial charge in [-0.1, -0.05) is 63.6 Å². The number of fused-ring (bicyclic) bond motifs is 2. The first-order valence-corrected chi connectivity index (χ1v) is 10.1. The van der Waals surface area contributed by atoms with Crippen molar-refractivity contribution >= 4 is 17.3 Å². The van der Waals surface area contributed by atoms with Crippen LogP contribution in [0.15, 0.2) is 53.8 Å². The first kappa shape index (κ1) is 20.2. The molecule has 2 atom stereocenters. The van der Waals surface area contributed by atoms with Gasteiger partial charge in [0, 0.05) is 11.1 Å². The van der Waals surface area contributed by atoms with Gasteiger partial charge in [0.15, 0.2) is 22.8 Å². The van der Waals surface area contributed by atoms with Gasteiger partial charge in [0.25, 0.3) is 0 Å². The number of rotatable bonds is 7. The van der Waals surface area contributed by atoms with Crippen molar-refractivity contribution in [3.63, 3.8) is 0 Å². The van der Waals surface area contributed by atoms with Gasteiger partial charge in [-0.05, 0) is 31.3 Å². The van der Waals surface area contributed by atoms with E-state index in [2.05, 4.69) is 6.58 Å². The predicted molar refractivity (Wildman–Crippen MR) is 108 cm³/mol. The van der Waals surface area contributed by atoms with E-state index in [1.807, 2.05) is 19.9 Å². The second-order valence-electron chi connectivity index (χ2n) is 7.80. The highest BCUT2D eigenvalue weighted by Crippen LogP contribution is 2.59. The summed E-state index contributed by atoms with van der Waals surface area (Å²) in [4.78, 5) is 41.4. The minimum atomic E-state index is -1.82. The summed E-state index contributed by atoms with van der Waals surface area (Å²) < 4.78 is 5.70. The van der Waals surface area contributed by atoms with Crippen LogP contribution in [0.25, 0.3) is 0 Å². The Hall–Kier alpha value is -2.49. The molecule has 4 heteroatoms. The molecule has 2 aliphatic rings. The van der Waals surface area contributed by atoms with E-state index < -0.39 is 22.4 Å². The summed E-state index contributed by atoms with van der Waals surface area (Å²) in [6, 6.07) is 8.62. The number of ether oxygens (including phenoxy) is 1. The first-order valence-electron chi connectivity index (χ1n) is 10.1. The molecule has 0 amide bonds. The summed E-state index contributed by atoms with van der Waals surface area (Å²) in [5.74, 6) is -0.734. The lowest BCUT2D eigenvalue weighted by atomic mass is 9.49. The van der Waals surface area contributed by atoms with Crippen molar-refractivity contribution in [3.05, 3.63) is 59.4 Å². The van der Waals surface area contributed by atoms with Crippen LogP contribution in [0.1, 0.15) is 62.7 Å². The molecule has 1 saturated carbocycles. The van der Waals surface area contributed by atoms with E-state index >= 15 is 0 Å². The molecule has 148 valence electrons. The summed E-state index contributed by atoms with van der Waals surface area (Å²) in [6.45, 7) is 8.05.